The van der Waals surface area contributed by atoms with Crippen LogP contribution in [0, 0.1) is 6.92 Å². The Kier molecular flexibility index (Phi) is 4.75. The Bertz CT molecular complexity index is 1140. The van der Waals surface area contributed by atoms with E-state index in [0.717, 1.165) is 22.3 Å². The van der Waals surface area contributed by atoms with Crippen molar-refractivity contribution in [3.8, 4) is 17.4 Å². The summed E-state index contributed by atoms with van der Waals surface area (Å²) < 4.78 is 12.8. The van der Waals surface area contributed by atoms with Crippen LogP contribution in [0.5, 0.6) is 5.88 Å². The van der Waals surface area contributed by atoms with Crippen LogP contribution < -0.4 is 4.74 Å². The number of hydrogen-bond donors (Lipinski definition) is 1. The smallest absolute Gasteiger partial charge is 0.238 e. The molecule has 0 atom stereocenters. The number of ether oxygens (including phenoxy) is 1. The van der Waals surface area contributed by atoms with E-state index < -0.39 is 0 Å². The van der Waals surface area contributed by atoms with Crippen LogP contribution in [-0.4, -0.2) is 35.1 Å². The molecule has 0 bridgehead atoms. The molecule has 4 heterocycles. The van der Waals surface area contributed by atoms with E-state index in [0.29, 0.717) is 29.8 Å². The van der Waals surface area contributed by atoms with Crippen LogP contribution >= 0.6 is 0 Å². The molecule has 9 heteroatoms. The number of pyridine rings is 1. The fraction of sp³-hybridized carbons (Fsp3) is 0.350. The van der Waals surface area contributed by atoms with E-state index in [2.05, 4.69) is 46.2 Å². The summed E-state index contributed by atoms with van der Waals surface area (Å²) in [4.78, 5) is 4.39. The van der Waals surface area contributed by atoms with Crippen LogP contribution in [0.15, 0.2) is 35.1 Å². The van der Waals surface area contributed by atoms with E-state index in [1.807, 2.05) is 25.3 Å². The van der Waals surface area contributed by atoms with Gasteiger partial charge in [0.05, 0.1) is 17.4 Å². The second-order valence-electron chi connectivity index (χ2n) is 7.85. The lowest BCUT2D eigenvalue weighted by Crippen LogP contribution is -2.13. The second-order valence-corrected chi connectivity index (χ2v) is 7.85. The maximum Gasteiger partial charge on any atom is 0.238 e. The van der Waals surface area contributed by atoms with Gasteiger partial charge in [-0.2, -0.15) is 5.10 Å². The van der Waals surface area contributed by atoms with Gasteiger partial charge in [0, 0.05) is 17.8 Å². The molecule has 0 aliphatic carbocycles. The van der Waals surface area contributed by atoms with Crippen molar-refractivity contribution in [2.75, 3.05) is 0 Å². The summed E-state index contributed by atoms with van der Waals surface area (Å²) in [7, 11) is 0. The molecular formula is C20H22N6O3. The molecule has 1 N–H and O–H groups in total. The van der Waals surface area contributed by atoms with Gasteiger partial charge < -0.3 is 14.4 Å². The lowest BCUT2D eigenvalue weighted by Gasteiger charge is -2.18. The highest BCUT2D eigenvalue weighted by atomic mass is 16.5. The number of fused-ring (bicyclic) bond motifs is 1. The van der Waals surface area contributed by atoms with E-state index in [4.69, 9.17) is 9.26 Å². The molecule has 9 nitrogen and oxygen atoms in total. The van der Waals surface area contributed by atoms with Crippen LogP contribution in [0.25, 0.3) is 17.0 Å². The fourth-order valence-electron chi connectivity index (χ4n) is 3.06. The highest BCUT2D eigenvalue weighted by Crippen LogP contribution is 2.35. The van der Waals surface area contributed by atoms with E-state index in [1.54, 1.807) is 16.8 Å². The van der Waals surface area contributed by atoms with Crippen LogP contribution in [-0.2, 0) is 18.6 Å². The zero-order chi connectivity index (χ0) is 20.6. The number of hydrogen-bond acceptors (Lipinski definition) is 8. The molecule has 4 aromatic heterocycles. The van der Waals surface area contributed by atoms with Gasteiger partial charge in [-0.3, -0.25) is 4.98 Å². The summed E-state index contributed by atoms with van der Waals surface area (Å²) in [6, 6.07) is 5.54. The Morgan fingerprint density at radius 1 is 1.21 bits per heavy atom. The quantitative estimate of drug-likeness (QED) is 0.550. The molecule has 0 radical (unpaired) electrons. The average Bonchev–Trinajstić information content (AvgIpc) is 3.31. The van der Waals surface area contributed by atoms with Crippen molar-refractivity contribution < 1.29 is 14.4 Å². The number of aliphatic hydroxyl groups is 1. The Morgan fingerprint density at radius 3 is 2.69 bits per heavy atom. The molecule has 0 aromatic carbocycles. The van der Waals surface area contributed by atoms with Crippen LogP contribution in [0.4, 0.5) is 0 Å². The Hall–Kier alpha value is -3.33. The molecule has 4 aromatic rings. The van der Waals surface area contributed by atoms with Crippen molar-refractivity contribution in [3.05, 3.63) is 53.2 Å². The predicted molar refractivity (Wildman–Crippen MR) is 104 cm³/mol. The second kappa shape index (κ2) is 7.25. The summed E-state index contributed by atoms with van der Waals surface area (Å²) in [5.74, 6) is 1.23. The van der Waals surface area contributed by atoms with Crippen LogP contribution in [0.2, 0.25) is 0 Å². The molecule has 0 saturated carbocycles. The zero-order valence-corrected chi connectivity index (χ0v) is 16.7. The number of aromatic nitrogens is 6. The molecule has 0 aliphatic heterocycles. The molecule has 4 rings (SSSR count). The van der Waals surface area contributed by atoms with Crippen LogP contribution in [0.1, 0.15) is 43.4 Å². The van der Waals surface area contributed by atoms with Gasteiger partial charge in [0.1, 0.15) is 13.2 Å². The molecule has 0 unspecified atom stereocenters. The molecular weight excluding hydrogens is 372 g/mol. The topological polar surface area (TPSA) is 111 Å². The van der Waals surface area contributed by atoms with E-state index in [1.165, 1.54) is 0 Å². The minimum Gasteiger partial charge on any atom is -0.470 e. The largest absolute Gasteiger partial charge is 0.470 e. The van der Waals surface area contributed by atoms with Crippen molar-refractivity contribution in [1.29, 1.82) is 0 Å². The monoisotopic (exact) mass is 394 g/mol. The Morgan fingerprint density at radius 2 is 2.03 bits per heavy atom. The first-order valence-electron chi connectivity index (χ1n) is 9.23. The number of aliphatic hydroxyl groups excluding tert-OH is 1. The van der Waals surface area contributed by atoms with Gasteiger partial charge in [0.15, 0.2) is 11.5 Å². The highest BCUT2D eigenvalue weighted by Gasteiger charge is 2.28. The molecule has 0 fully saturated rings. The van der Waals surface area contributed by atoms with Gasteiger partial charge in [0.2, 0.25) is 11.7 Å². The summed E-state index contributed by atoms with van der Waals surface area (Å²) >= 11 is 0. The van der Waals surface area contributed by atoms with Gasteiger partial charge >= 0.3 is 0 Å². The number of rotatable bonds is 5. The third-order valence-electron chi connectivity index (χ3n) is 4.45. The summed E-state index contributed by atoms with van der Waals surface area (Å²) in [6.45, 7) is 8.29. The first kappa shape index (κ1) is 19.0. The van der Waals surface area contributed by atoms with Crippen LogP contribution in [0.3, 0.4) is 0 Å². The van der Waals surface area contributed by atoms with Crippen molar-refractivity contribution in [2.45, 2.75) is 46.3 Å². The first-order valence-corrected chi connectivity index (χ1v) is 9.23. The average molecular weight is 394 g/mol. The number of nitrogens with zero attached hydrogens (tertiary/aromatic N) is 6. The van der Waals surface area contributed by atoms with Crippen molar-refractivity contribution in [3.63, 3.8) is 0 Å². The maximum absolute atomic E-state index is 9.24. The third-order valence-corrected chi connectivity index (χ3v) is 4.45. The van der Waals surface area contributed by atoms with Crippen molar-refractivity contribution >= 4 is 5.52 Å². The molecule has 29 heavy (non-hydrogen) atoms. The van der Waals surface area contributed by atoms with Crippen molar-refractivity contribution in [2.24, 2.45) is 0 Å². The fourth-order valence-corrected chi connectivity index (χ4v) is 3.06. The number of aryl methyl sites for hydroxylation is 1. The zero-order valence-electron chi connectivity index (χ0n) is 16.7. The van der Waals surface area contributed by atoms with Gasteiger partial charge in [-0.05, 0) is 24.0 Å². The van der Waals surface area contributed by atoms with Gasteiger partial charge in [-0.1, -0.05) is 32.0 Å². The van der Waals surface area contributed by atoms with E-state index >= 15 is 0 Å². The highest BCUT2D eigenvalue weighted by molar-refractivity contribution is 5.64. The van der Waals surface area contributed by atoms with Gasteiger partial charge in [-0.25, -0.2) is 4.52 Å². The Balaban J connectivity index is 1.78. The lowest BCUT2D eigenvalue weighted by atomic mass is 9.88. The minimum atomic E-state index is -0.252. The molecule has 0 saturated heterocycles. The minimum absolute atomic E-state index is 0.249. The molecule has 0 aliphatic rings. The first-order chi connectivity index (χ1) is 13.9. The summed E-state index contributed by atoms with van der Waals surface area (Å²) in [5.41, 5.74) is 3.76. The molecule has 0 spiro atoms. The standard InChI is InChI=1S/C20H22N6O3/c1-12-5-6-13(21-8-12)11-28-19-17(20(2,3)4)16-9-22-23-18(26(16)24-19)15-7-14(10-27)29-25-15/h5-9,27H,10-11H2,1-4H3. The van der Waals surface area contributed by atoms with Gasteiger partial charge in [-0.15, -0.1) is 10.2 Å². The lowest BCUT2D eigenvalue weighted by molar-refractivity contribution is 0.229. The normalized spacial score (nSPS) is 11.9. The predicted octanol–water partition coefficient (Wildman–Crippen LogP) is 2.85. The van der Waals surface area contributed by atoms with Gasteiger partial charge in [0.25, 0.3) is 0 Å². The van der Waals surface area contributed by atoms with Crippen molar-refractivity contribution in [1.82, 2.24) is 30.0 Å². The van der Waals surface area contributed by atoms with E-state index in [-0.39, 0.29) is 12.0 Å². The molecule has 150 valence electrons. The summed E-state index contributed by atoms with van der Waals surface area (Å²) in [6.07, 6.45) is 3.46. The maximum atomic E-state index is 9.24. The summed E-state index contributed by atoms with van der Waals surface area (Å²) in [5, 5.41) is 26.1. The SMILES string of the molecule is Cc1ccc(COc2nn3c(-c4cc(CO)on4)nncc3c2C(C)(C)C)nc1. The van der Waals surface area contributed by atoms with E-state index in [9.17, 15) is 5.11 Å². The Labute approximate surface area is 167 Å². The third kappa shape index (κ3) is 3.68. The molecule has 0 amide bonds.